The van der Waals surface area contributed by atoms with E-state index in [1.807, 2.05) is 0 Å². The van der Waals surface area contributed by atoms with Crippen LogP contribution in [-0.2, 0) is 9.59 Å². The second kappa shape index (κ2) is 11.7. The molecule has 0 saturated carbocycles. The fraction of sp³-hybridized carbons (Fsp3) is 0.857. The molecule has 0 atom stereocenters. The minimum absolute atomic E-state index is 1.14. The van der Waals surface area contributed by atoms with Crippen molar-refractivity contribution in [2.45, 2.75) is 27.7 Å². The molecule has 122 valence electrons. The van der Waals surface area contributed by atoms with Gasteiger partial charge in [0.15, 0.2) is 0 Å². The van der Waals surface area contributed by atoms with Crippen molar-refractivity contribution in [2.75, 3.05) is 54.4 Å². The first kappa shape index (κ1) is 23.9. The topological polar surface area (TPSA) is 80.3 Å². The fourth-order valence-electron chi connectivity index (χ4n) is 0.447. The van der Waals surface area contributed by atoms with E-state index in [0.717, 1.165) is 8.97 Å². The average Bonchev–Trinajstić information content (AvgIpc) is 2.40. The summed E-state index contributed by atoms with van der Waals surface area (Å²) >= 11 is 0. The van der Waals surface area contributed by atoms with Crippen LogP contribution in [0, 0.1) is 0 Å². The highest BCUT2D eigenvalue weighted by Gasteiger charge is 2.05. The molecule has 0 aromatic rings. The van der Waals surface area contributed by atoms with E-state index in [1.165, 1.54) is 26.2 Å². The van der Waals surface area contributed by atoms with Gasteiger partial charge in [-0.25, -0.2) is 0 Å². The van der Waals surface area contributed by atoms with Crippen molar-refractivity contribution in [3.05, 3.63) is 0 Å². The van der Waals surface area contributed by atoms with E-state index < -0.39 is 11.9 Å². The Morgan fingerprint density at radius 2 is 0.800 bits per heavy atom. The monoisotopic (exact) mass is 292 g/mol. The Bertz CT molecular complexity index is 236. The molecular formula is C14H32N2O4. The standard InChI is InChI=1S/2C6H16N.C2H2O4/c2*1-5-7(3,4)6-2;3-1(4)2(5)6/h2*5-6H2,1-4H3;(H,3,4)(H,5,6)/q2*+1;/p-2. The molecule has 0 aliphatic carbocycles. The Balaban J connectivity index is -0.000000218. The van der Waals surface area contributed by atoms with E-state index in [-0.39, 0.29) is 0 Å². The van der Waals surface area contributed by atoms with E-state index in [0.29, 0.717) is 0 Å². The van der Waals surface area contributed by atoms with E-state index in [9.17, 15) is 0 Å². The number of hydrogen-bond donors (Lipinski definition) is 0. The van der Waals surface area contributed by atoms with Crippen LogP contribution in [0.4, 0.5) is 0 Å². The smallest absolute Gasteiger partial charge is 0.0870 e. The Morgan fingerprint density at radius 3 is 0.800 bits per heavy atom. The maximum atomic E-state index is 8.93. The number of quaternary nitrogens is 2. The summed E-state index contributed by atoms with van der Waals surface area (Å²) in [7, 11) is 8.94. The highest BCUT2D eigenvalue weighted by atomic mass is 16.4. The van der Waals surface area contributed by atoms with Crippen molar-refractivity contribution in [1.29, 1.82) is 0 Å². The molecular weight excluding hydrogens is 260 g/mol. The molecule has 0 amide bonds. The molecule has 0 heterocycles. The molecule has 6 nitrogen and oxygen atoms in total. The highest BCUT2D eigenvalue weighted by Crippen LogP contribution is 1.92. The third-order valence-electron chi connectivity index (χ3n) is 3.59. The summed E-state index contributed by atoms with van der Waals surface area (Å²) in [6.07, 6.45) is 0. The van der Waals surface area contributed by atoms with Gasteiger partial charge in [0.1, 0.15) is 0 Å². The average molecular weight is 292 g/mol. The number of nitrogens with zero attached hydrogens (tertiary/aromatic N) is 2. The number of hydrogen-bond acceptors (Lipinski definition) is 4. The van der Waals surface area contributed by atoms with Gasteiger partial charge in [0, 0.05) is 0 Å². The summed E-state index contributed by atoms with van der Waals surface area (Å²) in [6, 6.07) is 0. The lowest BCUT2D eigenvalue weighted by Crippen LogP contribution is -2.42. The molecule has 0 aromatic heterocycles. The minimum Gasteiger partial charge on any atom is -0.543 e. The van der Waals surface area contributed by atoms with Gasteiger partial charge in [-0.3, -0.25) is 0 Å². The van der Waals surface area contributed by atoms with Crippen molar-refractivity contribution in [3.8, 4) is 0 Å². The van der Waals surface area contributed by atoms with E-state index >= 15 is 0 Å². The molecule has 0 rings (SSSR count). The second-order valence-electron chi connectivity index (χ2n) is 5.71. The van der Waals surface area contributed by atoms with Crippen LogP contribution in [0.25, 0.3) is 0 Å². The van der Waals surface area contributed by atoms with E-state index in [2.05, 4.69) is 55.9 Å². The Kier molecular flexibility index (Phi) is 14.0. The zero-order chi connectivity index (χ0) is 17.0. The number of rotatable bonds is 4. The maximum Gasteiger partial charge on any atom is 0.0870 e. The van der Waals surface area contributed by atoms with Crippen molar-refractivity contribution < 1.29 is 28.8 Å². The van der Waals surface area contributed by atoms with E-state index in [4.69, 9.17) is 19.8 Å². The predicted molar refractivity (Wildman–Crippen MR) is 76.4 cm³/mol. The Labute approximate surface area is 123 Å². The molecule has 0 aliphatic rings. The van der Waals surface area contributed by atoms with Gasteiger partial charge in [-0.05, 0) is 27.7 Å². The first-order valence-corrected chi connectivity index (χ1v) is 6.95. The molecule has 0 aliphatic heterocycles. The molecule has 0 saturated heterocycles. The van der Waals surface area contributed by atoms with Crippen LogP contribution in [0.1, 0.15) is 27.7 Å². The molecule has 0 N–H and O–H groups in total. The van der Waals surface area contributed by atoms with Crippen LogP contribution in [0.15, 0.2) is 0 Å². The van der Waals surface area contributed by atoms with Gasteiger partial charge < -0.3 is 28.8 Å². The lowest BCUT2D eigenvalue weighted by atomic mass is 10.5. The van der Waals surface area contributed by atoms with Crippen LogP contribution in [0.2, 0.25) is 0 Å². The Hall–Kier alpha value is -1.14. The van der Waals surface area contributed by atoms with Gasteiger partial charge in [-0.2, -0.15) is 0 Å². The first-order valence-electron chi connectivity index (χ1n) is 6.95. The van der Waals surface area contributed by atoms with Gasteiger partial charge >= 0.3 is 0 Å². The zero-order valence-electron chi connectivity index (χ0n) is 14.4. The third-order valence-corrected chi connectivity index (χ3v) is 3.59. The summed E-state index contributed by atoms with van der Waals surface area (Å²) in [6.45, 7) is 13.8. The normalized spacial score (nSPS) is 10.6. The summed E-state index contributed by atoms with van der Waals surface area (Å²) in [5.41, 5.74) is 0. The molecule has 0 unspecified atom stereocenters. The van der Waals surface area contributed by atoms with Crippen LogP contribution in [-0.4, -0.2) is 75.3 Å². The van der Waals surface area contributed by atoms with Gasteiger partial charge in [0.05, 0.1) is 66.3 Å². The van der Waals surface area contributed by atoms with Crippen molar-refractivity contribution in [3.63, 3.8) is 0 Å². The van der Waals surface area contributed by atoms with Gasteiger partial charge in [-0.15, -0.1) is 0 Å². The summed E-state index contributed by atoms with van der Waals surface area (Å²) in [4.78, 5) is 17.9. The molecule has 20 heavy (non-hydrogen) atoms. The third kappa shape index (κ3) is 19.2. The molecule has 0 radical (unpaired) electrons. The molecule has 0 fully saturated rings. The lowest BCUT2D eigenvalue weighted by Gasteiger charge is -2.25. The van der Waals surface area contributed by atoms with Gasteiger partial charge in [-0.1, -0.05) is 0 Å². The van der Waals surface area contributed by atoms with Gasteiger partial charge in [0.2, 0.25) is 0 Å². The lowest BCUT2D eigenvalue weighted by molar-refractivity contribution is -0.886. The van der Waals surface area contributed by atoms with Crippen LogP contribution in [0.5, 0.6) is 0 Å². The summed E-state index contributed by atoms with van der Waals surface area (Å²) in [5.74, 6) is -4.37. The largest absolute Gasteiger partial charge is 0.543 e. The predicted octanol–water partition coefficient (Wildman–Crippen LogP) is -1.31. The minimum atomic E-state index is -2.19. The van der Waals surface area contributed by atoms with Crippen LogP contribution < -0.4 is 10.2 Å². The van der Waals surface area contributed by atoms with Gasteiger partial charge in [0.25, 0.3) is 0 Å². The van der Waals surface area contributed by atoms with Crippen molar-refractivity contribution in [2.24, 2.45) is 0 Å². The number of carbonyl (C=O) groups is 2. The van der Waals surface area contributed by atoms with E-state index in [1.54, 1.807) is 0 Å². The molecule has 0 aromatic carbocycles. The first-order chi connectivity index (χ1) is 8.89. The number of carboxylic acids is 2. The Morgan fingerprint density at radius 1 is 0.650 bits per heavy atom. The quantitative estimate of drug-likeness (QED) is 0.476. The zero-order valence-corrected chi connectivity index (χ0v) is 14.4. The van der Waals surface area contributed by atoms with Crippen molar-refractivity contribution in [1.82, 2.24) is 0 Å². The molecule has 6 heteroatoms. The summed E-state index contributed by atoms with van der Waals surface area (Å²) < 4.78 is 2.28. The van der Waals surface area contributed by atoms with Crippen LogP contribution >= 0.6 is 0 Å². The van der Waals surface area contributed by atoms with Crippen molar-refractivity contribution >= 4 is 11.9 Å². The number of carbonyl (C=O) groups excluding carboxylic acids is 2. The SMILES string of the molecule is CC[N+](C)(C)CC.CC[N+](C)(C)CC.O=C([O-])C(=O)[O-]. The molecule has 0 bridgehead atoms. The maximum absolute atomic E-state index is 8.93. The molecule has 0 spiro atoms. The highest BCUT2D eigenvalue weighted by molar-refractivity contribution is 6.25. The van der Waals surface area contributed by atoms with Crippen LogP contribution in [0.3, 0.4) is 0 Å². The number of aliphatic carboxylic acids is 2. The fourth-order valence-corrected chi connectivity index (χ4v) is 0.447. The number of carboxylic acid groups (broad SMARTS) is 2. The second-order valence-corrected chi connectivity index (χ2v) is 5.71. The summed E-state index contributed by atoms with van der Waals surface area (Å²) in [5, 5.41) is 17.9.